The van der Waals surface area contributed by atoms with Gasteiger partial charge >= 0.3 is 0 Å². The van der Waals surface area contributed by atoms with Gasteiger partial charge in [-0.2, -0.15) is 0 Å². The van der Waals surface area contributed by atoms with E-state index in [1.807, 2.05) is 40.6 Å². The average Bonchev–Trinajstić information content (AvgIpc) is 3.32. The molecule has 1 fully saturated rings. The Morgan fingerprint density at radius 1 is 1.21 bits per heavy atom. The predicted molar refractivity (Wildman–Crippen MR) is 135 cm³/mol. The molecule has 4 rings (SSSR count). The molecule has 0 bridgehead atoms. The maximum atomic E-state index is 13.6. The molecule has 0 radical (unpaired) electrons. The Morgan fingerprint density at radius 3 is 2.76 bits per heavy atom. The number of thiophene rings is 1. The van der Waals surface area contributed by atoms with Crippen LogP contribution < -0.4 is 5.32 Å². The lowest BCUT2D eigenvalue weighted by Crippen LogP contribution is -2.48. The summed E-state index contributed by atoms with van der Waals surface area (Å²) in [5, 5.41) is 5.26. The summed E-state index contributed by atoms with van der Waals surface area (Å²) in [6, 6.07) is 11.5. The normalized spacial score (nSPS) is 23.6. The first-order chi connectivity index (χ1) is 16.0. The van der Waals surface area contributed by atoms with Gasteiger partial charge in [0.1, 0.15) is 0 Å². The Balaban J connectivity index is 1.53. The lowest BCUT2D eigenvalue weighted by molar-refractivity contribution is -0.124. The highest BCUT2D eigenvalue weighted by molar-refractivity contribution is 7.10. The molecule has 5 nitrogen and oxygen atoms in total. The summed E-state index contributed by atoms with van der Waals surface area (Å²) in [4.78, 5) is 32.7. The molecule has 1 aromatic heterocycles. The van der Waals surface area contributed by atoms with Gasteiger partial charge < -0.3 is 15.1 Å². The summed E-state index contributed by atoms with van der Waals surface area (Å²) in [6.45, 7) is 11.2. The fraction of sp³-hybridized carbons (Fsp3) is 0.556. The van der Waals surface area contributed by atoms with Crippen molar-refractivity contribution in [2.24, 2.45) is 11.8 Å². The van der Waals surface area contributed by atoms with Crippen LogP contribution >= 0.6 is 11.3 Å². The number of nitrogens with zero attached hydrogens (tertiary/aromatic N) is 2. The summed E-state index contributed by atoms with van der Waals surface area (Å²) in [5.74, 6) is 0.738. The summed E-state index contributed by atoms with van der Waals surface area (Å²) in [5.41, 5.74) is 1.51. The number of fused-ring (bicyclic) bond motifs is 1. The van der Waals surface area contributed by atoms with E-state index in [1.54, 1.807) is 11.3 Å². The van der Waals surface area contributed by atoms with Gasteiger partial charge in [0.25, 0.3) is 5.91 Å². The van der Waals surface area contributed by atoms with E-state index >= 15 is 0 Å². The molecule has 3 heterocycles. The largest absolute Gasteiger partial charge is 0.355 e. The van der Waals surface area contributed by atoms with Crippen LogP contribution in [0.25, 0.3) is 0 Å². The zero-order valence-electron chi connectivity index (χ0n) is 20.1. The Bertz CT molecular complexity index is 943. The first kappa shape index (κ1) is 24.0. The molecule has 1 aromatic carbocycles. The number of amides is 2. The average molecular weight is 468 g/mol. The highest BCUT2D eigenvalue weighted by Crippen LogP contribution is 2.44. The number of rotatable bonds is 8. The Kier molecular flexibility index (Phi) is 7.86. The minimum Gasteiger partial charge on any atom is -0.355 e. The van der Waals surface area contributed by atoms with Crippen LogP contribution in [0.4, 0.5) is 0 Å². The monoisotopic (exact) mass is 467 g/mol. The van der Waals surface area contributed by atoms with Crippen LogP contribution in [0.1, 0.15) is 72.8 Å². The fourth-order valence-corrected chi connectivity index (χ4v) is 6.23. The van der Waals surface area contributed by atoms with E-state index in [1.165, 1.54) is 19.4 Å². The summed E-state index contributed by atoms with van der Waals surface area (Å²) < 4.78 is 0. The second-order valence-electron chi connectivity index (χ2n) is 10.1. The van der Waals surface area contributed by atoms with Gasteiger partial charge in [-0.15, -0.1) is 11.3 Å². The van der Waals surface area contributed by atoms with Crippen molar-refractivity contribution in [1.82, 2.24) is 15.1 Å². The number of nitrogens with one attached hydrogen (secondary N) is 1. The third-order valence-corrected chi connectivity index (χ3v) is 7.75. The van der Waals surface area contributed by atoms with Crippen LogP contribution in [-0.2, 0) is 4.79 Å². The van der Waals surface area contributed by atoms with Gasteiger partial charge in [-0.25, -0.2) is 0 Å². The molecule has 0 unspecified atom stereocenters. The van der Waals surface area contributed by atoms with Crippen molar-refractivity contribution >= 4 is 23.2 Å². The topological polar surface area (TPSA) is 52.7 Å². The van der Waals surface area contributed by atoms with Gasteiger partial charge in [0.05, 0.1) is 12.0 Å². The van der Waals surface area contributed by atoms with Gasteiger partial charge in [0, 0.05) is 30.1 Å². The van der Waals surface area contributed by atoms with E-state index in [0.717, 1.165) is 35.9 Å². The molecular formula is C27H37N3O2S. The van der Waals surface area contributed by atoms with E-state index in [-0.39, 0.29) is 17.9 Å². The maximum absolute atomic E-state index is 13.6. The molecule has 2 aromatic rings. The summed E-state index contributed by atoms with van der Waals surface area (Å²) in [6.07, 6.45) is 3.55. The first-order valence-corrected chi connectivity index (χ1v) is 13.3. The number of hydrogen-bond acceptors (Lipinski definition) is 4. The van der Waals surface area contributed by atoms with Crippen molar-refractivity contribution in [3.8, 4) is 0 Å². The Hall–Kier alpha value is -2.18. The molecule has 1 saturated heterocycles. The van der Waals surface area contributed by atoms with E-state index in [0.29, 0.717) is 24.6 Å². The molecule has 0 saturated carbocycles. The van der Waals surface area contributed by atoms with E-state index in [9.17, 15) is 9.59 Å². The molecule has 6 heteroatoms. The molecule has 1 N–H and O–H groups in total. The number of benzene rings is 1. The van der Waals surface area contributed by atoms with Crippen molar-refractivity contribution in [2.75, 3.05) is 32.7 Å². The number of hydrogen-bond donors (Lipinski definition) is 1. The van der Waals surface area contributed by atoms with Gasteiger partial charge in [0.15, 0.2) is 0 Å². The lowest BCUT2D eigenvalue weighted by Gasteiger charge is -2.42. The minimum absolute atomic E-state index is 0.0223. The van der Waals surface area contributed by atoms with E-state index < -0.39 is 5.92 Å². The van der Waals surface area contributed by atoms with Crippen LogP contribution in [0.15, 0.2) is 41.8 Å². The maximum Gasteiger partial charge on any atom is 0.254 e. The second kappa shape index (κ2) is 10.8. The van der Waals surface area contributed by atoms with E-state index in [4.69, 9.17) is 0 Å². The summed E-state index contributed by atoms with van der Waals surface area (Å²) in [7, 11) is 0. The molecule has 2 aliphatic heterocycles. The van der Waals surface area contributed by atoms with Gasteiger partial charge in [-0.05, 0) is 67.3 Å². The van der Waals surface area contributed by atoms with Crippen LogP contribution in [0.3, 0.4) is 0 Å². The number of piperidine rings is 1. The van der Waals surface area contributed by atoms with E-state index in [2.05, 4.69) is 37.1 Å². The smallest absolute Gasteiger partial charge is 0.254 e. The standard InChI is InChI=1S/C27H37N3O2S/c1-19(2)17-30-25(23-12-7-16-33-23)24(21-10-4-5-11-22(21)27(30)32)26(31)28-13-8-15-29-14-6-9-20(3)18-29/h4-5,7,10-12,16,19-20,24-25H,6,8-9,13-15,17-18H2,1-3H3,(H,28,31)/t20-,24+,25+/m1/s1. The predicted octanol–water partition coefficient (Wildman–Crippen LogP) is 4.92. The second-order valence-corrected chi connectivity index (χ2v) is 11.0. The third-order valence-electron chi connectivity index (χ3n) is 6.81. The van der Waals surface area contributed by atoms with Crippen molar-refractivity contribution < 1.29 is 9.59 Å². The van der Waals surface area contributed by atoms with Crippen molar-refractivity contribution in [3.05, 3.63) is 57.8 Å². The zero-order valence-corrected chi connectivity index (χ0v) is 20.9. The molecule has 0 spiro atoms. The SMILES string of the molecule is CC(C)CN1C(=O)c2ccccc2[C@H](C(=O)NCCCN2CCC[C@@H](C)C2)[C@@H]1c1cccs1. The van der Waals surface area contributed by atoms with Crippen LogP contribution in [0, 0.1) is 11.8 Å². The number of likely N-dealkylation sites (tertiary alicyclic amines) is 1. The molecule has 2 aliphatic rings. The fourth-order valence-electron chi connectivity index (χ4n) is 5.36. The van der Waals surface area contributed by atoms with Crippen molar-refractivity contribution in [3.63, 3.8) is 0 Å². The van der Waals surface area contributed by atoms with Crippen molar-refractivity contribution in [1.29, 1.82) is 0 Å². The molecule has 178 valence electrons. The van der Waals surface area contributed by atoms with Crippen LogP contribution in [0.2, 0.25) is 0 Å². The first-order valence-electron chi connectivity index (χ1n) is 12.4. The number of carbonyl (C=O) groups excluding carboxylic acids is 2. The lowest BCUT2D eigenvalue weighted by atomic mass is 9.81. The zero-order chi connectivity index (χ0) is 23.4. The highest BCUT2D eigenvalue weighted by Gasteiger charge is 2.44. The quantitative estimate of drug-likeness (QED) is 0.561. The van der Waals surface area contributed by atoms with Crippen molar-refractivity contribution in [2.45, 2.75) is 52.0 Å². The molecule has 2 amide bonds. The highest BCUT2D eigenvalue weighted by atomic mass is 32.1. The Morgan fingerprint density at radius 2 is 2.03 bits per heavy atom. The molecule has 0 aliphatic carbocycles. The van der Waals surface area contributed by atoms with Gasteiger partial charge in [-0.3, -0.25) is 9.59 Å². The van der Waals surface area contributed by atoms with Gasteiger partial charge in [-0.1, -0.05) is 45.0 Å². The molecule has 33 heavy (non-hydrogen) atoms. The third kappa shape index (κ3) is 5.49. The summed E-state index contributed by atoms with van der Waals surface area (Å²) >= 11 is 1.62. The Labute approximate surface area is 202 Å². The van der Waals surface area contributed by atoms with Crippen LogP contribution in [-0.4, -0.2) is 54.3 Å². The molecular weight excluding hydrogens is 430 g/mol. The molecule has 3 atom stereocenters. The number of carbonyl (C=O) groups is 2. The van der Waals surface area contributed by atoms with Crippen LogP contribution in [0.5, 0.6) is 0 Å². The minimum atomic E-state index is -0.397. The van der Waals surface area contributed by atoms with Gasteiger partial charge in [0.2, 0.25) is 5.91 Å².